The molecule has 0 atom stereocenters. The van der Waals surface area contributed by atoms with Crippen LogP contribution in [0.25, 0.3) is 0 Å². The smallest absolute Gasteiger partial charge is 0.478 e. The van der Waals surface area contributed by atoms with Gasteiger partial charge in [0.05, 0.1) is 23.4 Å². The molecule has 0 bridgehead atoms. The Morgan fingerprint density at radius 2 is 1.78 bits per heavy atom. The van der Waals surface area contributed by atoms with Crippen LogP contribution in [0.3, 0.4) is 0 Å². The minimum atomic E-state index is -5.08. The van der Waals surface area contributed by atoms with Gasteiger partial charge in [0.15, 0.2) is 0 Å². The Morgan fingerprint density at radius 3 is 2.31 bits per heavy atom. The number of hydrogen-bond acceptors (Lipinski definition) is 8. The van der Waals surface area contributed by atoms with Crippen molar-refractivity contribution >= 4 is 45.0 Å². The Kier molecular flexibility index (Phi) is 9.69. The molecule has 0 radical (unpaired) electrons. The molecule has 10 nitrogen and oxygen atoms in total. The molecule has 0 saturated heterocycles. The van der Waals surface area contributed by atoms with E-state index in [9.17, 15) is 21.6 Å². The maximum Gasteiger partial charge on any atom is 0.490 e. The fourth-order valence-corrected chi connectivity index (χ4v) is 4.08. The molecule has 2 aromatic carbocycles. The van der Waals surface area contributed by atoms with Gasteiger partial charge < -0.3 is 20.3 Å². The van der Waals surface area contributed by atoms with E-state index < -0.39 is 22.2 Å². The molecule has 0 aliphatic rings. The molecule has 16 heteroatoms. The number of methoxy groups -OCH3 is 1. The summed E-state index contributed by atoms with van der Waals surface area (Å²) in [7, 11) is -2.75. The fraction of sp³-hybridized carbons (Fsp3) is 0.150. The van der Waals surface area contributed by atoms with Crippen LogP contribution in [-0.2, 0) is 21.4 Å². The van der Waals surface area contributed by atoms with Crippen LogP contribution in [0.1, 0.15) is 5.56 Å². The van der Waals surface area contributed by atoms with Gasteiger partial charge in [-0.25, -0.2) is 18.2 Å². The van der Waals surface area contributed by atoms with Gasteiger partial charge in [-0.3, -0.25) is 4.72 Å². The largest absolute Gasteiger partial charge is 0.490 e. The van der Waals surface area contributed by atoms with E-state index >= 15 is 0 Å². The molecule has 1 aromatic heterocycles. The van der Waals surface area contributed by atoms with Crippen molar-refractivity contribution in [2.24, 2.45) is 5.73 Å². The van der Waals surface area contributed by atoms with E-state index in [1.54, 1.807) is 12.1 Å². The number of carboxylic acids is 1. The Morgan fingerprint density at radius 1 is 1.17 bits per heavy atom. The summed E-state index contributed by atoms with van der Waals surface area (Å²) in [5, 5.41) is 7.13. The van der Waals surface area contributed by atoms with E-state index in [2.05, 4.69) is 14.7 Å². The zero-order valence-electron chi connectivity index (χ0n) is 18.1. The number of anilines is 1. The number of carboxylic acid groups (broad SMARTS) is 1. The van der Waals surface area contributed by atoms with Crippen LogP contribution in [0.5, 0.6) is 17.5 Å². The van der Waals surface area contributed by atoms with E-state index in [4.69, 9.17) is 48.3 Å². The number of rotatable bonds is 7. The van der Waals surface area contributed by atoms with Gasteiger partial charge in [-0.1, -0.05) is 41.4 Å². The zero-order valence-corrected chi connectivity index (χ0v) is 20.4. The molecule has 1 heterocycles. The van der Waals surface area contributed by atoms with Gasteiger partial charge in [0.25, 0.3) is 15.9 Å². The first-order valence-corrected chi connectivity index (χ1v) is 11.7. The number of nitrogens with zero attached hydrogens (tertiary/aromatic N) is 2. The third kappa shape index (κ3) is 7.84. The molecule has 3 rings (SSSR count). The summed E-state index contributed by atoms with van der Waals surface area (Å²) in [6, 6.07) is 11.4. The molecule has 0 saturated carbocycles. The number of nitrogens with two attached hydrogens (primary N) is 1. The number of sulfonamides is 1. The first kappa shape index (κ1) is 28.9. The normalized spacial score (nSPS) is 11.2. The standard InChI is InChI=1S/C18H16Cl2N4O4S.C2HF3O2/c1-27-18-17(24-29(25,26)14-4-2-3-13(19)16(14)20)22-10-15(23-18)28-12-7-5-11(9-21)6-8-12;3-2(4,5)1(6)7/h2-8,10H,9,21H2,1H3,(H,22,24);(H,6,7). The number of nitrogens with one attached hydrogen (secondary N) is 1. The lowest BCUT2D eigenvalue weighted by Crippen LogP contribution is -2.21. The lowest BCUT2D eigenvalue weighted by atomic mass is 10.2. The quantitative estimate of drug-likeness (QED) is 0.374. The average molecular weight is 569 g/mol. The molecule has 36 heavy (non-hydrogen) atoms. The number of aliphatic carboxylic acids is 1. The summed E-state index contributed by atoms with van der Waals surface area (Å²) in [5.41, 5.74) is 6.52. The SMILES string of the molecule is COc1nc(Oc2ccc(CN)cc2)cnc1NS(=O)(=O)c1cccc(Cl)c1Cl.O=C(O)C(F)(F)F. The van der Waals surface area contributed by atoms with E-state index in [0.717, 1.165) is 5.56 Å². The van der Waals surface area contributed by atoms with Gasteiger partial charge in [-0.05, 0) is 29.8 Å². The van der Waals surface area contributed by atoms with Gasteiger partial charge >= 0.3 is 12.1 Å². The van der Waals surface area contributed by atoms with Gasteiger partial charge in [0, 0.05) is 6.54 Å². The second-order valence-electron chi connectivity index (χ2n) is 6.48. The van der Waals surface area contributed by atoms with E-state index in [1.807, 2.05) is 12.1 Å². The number of halogens is 5. The Labute approximate surface area is 212 Å². The molecule has 0 unspecified atom stereocenters. The predicted molar refractivity (Wildman–Crippen MR) is 124 cm³/mol. The molecule has 0 spiro atoms. The maximum atomic E-state index is 12.7. The molecular formula is C20H17Cl2F3N4O6S. The van der Waals surface area contributed by atoms with Crippen molar-refractivity contribution in [3.8, 4) is 17.5 Å². The highest BCUT2D eigenvalue weighted by Crippen LogP contribution is 2.32. The van der Waals surface area contributed by atoms with Crippen LogP contribution in [0.15, 0.2) is 53.6 Å². The van der Waals surface area contributed by atoms with Crippen molar-refractivity contribution in [1.29, 1.82) is 0 Å². The van der Waals surface area contributed by atoms with Crippen LogP contribution in [0.4, 0.5) is 19.0 Å². The van der Waals surface area contributed by atoms with Crippen molar-refractivity contribution in [2.75, 3.05) is 11.8 Å². The molecule has 0 aliphatic heterocycles. The van der Waals surface area contributed by atoms with Gasteiger partial charge in [0.1, 0.15) is 10.6 Å². The molecule has 194 valence electrons. The van der Waals surface area contributed by atoms with E-state index in [0.29, 0.717) is 12.3 Å². The molecule has 0 amide bonds. The Hall–Kier alpha value is -3.33. The van der Waals surface area contributed by atoms with Crippen molar-refractivity contribution in [3.63, 3.8) is 0 Å². The molecular weight excluding hydrogens is 552 g/mol. The molecule has 0 fully saturated rings. The van der Waals surface area contributed by atoms with Crippen LogP contribution in [-0.4, -0.2) is 42.7 Å². The van der Waals surface area contributed by atoms with Gasteiger partial charge in [-0.2, -0.15) is 18.2 Å². The minimum absolute atomic E-state index is 0.0807. The third-order valence-corrected chi connectivity index (χ3v) is 6.28. The first-order valence-electron chi connectivity index (χ1n) is 9.43. The highest BCUT2D eigenvalue weighted by molar-refractivity contribution is 7.92. The van der Waals surface area contributed by atoms with Crippen LogP contribution in [0, 0.1) is 0 Å². The predicted octanol–water partition coefficient (Wildman–Crippen LogP) is 4.48. The monoisotopic (exact) mass is 568 g/mol. The second-order valence-corrected chi connectivity index (χ2v) is 8.91. The molecule has 4 N–H and O–H groups in total. The van der Waals surface area contributed by atoms with Crippen molar-refractivity contribution in [2.45, 2.75) is 17.6 Å². The Balaban J connectivity index is 0.000000572. The number of alkyl halides is 3. The fourth-order valence-electron chi connectivity index (χ4n) is 2.31. The number of hydrogen-bond donors (Lipinski definition) is 3. The molecule has 3 aromatic rings. The highest BCUT2D eigenvalue weighted by atomic mass is 35.5. The molecule has 0 aliphatic carbocycles. The summed E-state index contributed by atoms with van der Waals surface area (Å²) in [5.74, 6) is -2.34. The average Bonchev–Trinajstić information content (AvgIpc) is 2.81. The topological polar surface area (TPSA) is 154 Å². The van der Waals surface area contributed by atoms with Crippen molar-refractivity contribution in [3.05, 3.63) is 64.3 Å². The van der Waals surface area contributed by atoms with E-state index in [1.165, 1.54) is 31.5 Å². The van der Waals surface area contributed by atoms with E-state index in [-0.39, 0.29) is 32.5 Å². The van der Waals surface area contributed by atoms with Crippen molar-refractivity contribution in [1.82, 2.24) is 9.97 Å². The first-order chi connectivity index (χ1) is 16.8. The van der Waals surface area contributed by atoms with Crippen LogP contribution in [0.2, 0.25) is 10.0 Å². The summed E-state index contributed by atoms with van der Waals surface area (Å²) in [6.07, 6.45) is -3.82. The van der Waals surface area contributed by atoms with Gasteiger partial charge in [-0.15, -0.1) is 0 Å². The van der Waals surface area contributed by atoms with Crippen molar-refractivity contribution < 1.29 is 41.0 Å². The minimum Gasteiger partial charge on any atom is -0.478 e. The zero-order chi connectivity index (χ0) is 27.1. The van der Waals surface area contributed by atoms with Gasteiger partial charge in [0.2, 0.25) is 11.7 Å². The lowest BCUT2D eigenvalue weighted by Gasteiger charge is -2.13. The number of benzene rings is 2. The summed E-state index contributed by atoms with van der Waals surface area (Å²) >= 11 is 11.9. The highest BCUT2D eigenvalue weighted by Gasteiger charge is 2.38. The summed E-state index contributed by atoms with van der Waals surface area (Å²) < 4.78 is 70.1. The summed E-state index contributed by atoms with van der Waals surface area (Å²) in [6.45, 7) is 0.416. The number of ether oxygens (including phenoxy) is 2. The number of carbonyl (C=O) groups is 1. The third-order valence-electron chi connectivity index (χ3n) is 3.97. The number of aromatic nitrogens is 2. The van der Waals surface area contributed by atoms with Crippen LogP contribution < -0.4 is 19.9 Å². The Bertz CT molecular complexity index is 1330. The van der Waals surface area contributed by atoms with Crippen LogP contribution >= 0.6 is 23.2 Å². The summed E-state index contributed by atoms with van der Waals surface area (Å²) in [4.78, 5) is 16.9. The second kappa shape index (κ2) is 12.1. The lowest BCUT2D eigenvalue weighted by molar-refractivity contribution is -0.192. The maximum absolute atomic E-state index is 12.7.